The molecule has 39 heavy (non-hydrogen) atoms. The van der Waals surface area contributed by atoms with Crippen LogP contribution in [0.2, 0.25) is 0 Å². The molecule has 6 nitrogen and oxygen atoms in total. The number of carbonyl (C=O) groups is 2. The van der Waals surface area contributed by atoms with Crippen LogP contribution in [0.4, 0.5) is 5.69 Å². The summed E-state index contributed by atoms with van der Waals surface area (Å²) in [5, 5.41) is 10.9. The van der Waals surface area contributed by atoms with E-state index in [1.165, 1.54) is 49.5 Å². The summed E-state index contributed by atoms with van der Waals surface area (Å²) in [6.07, 6.45) is 11.5. The van der Waals surface area contributed by atoms with Gasteiger partial charge in [-0.05, 0) is 30.0 Å². The molecule has 0 aliphatic carbocycles. The van der Waals surface area contributed by atoms with Crippen LogP contribution >= 0.6 is 0 Å². The Kier molecular flexibility index (Phi) is 7.91. The summed E-state index contributed by atoms with van der Waals surface area (Å²) < 4.78 is 13.6. The molecule has 0 spiro atoms. The molecular formula is C32H31N3O3S. The van der Waals surface area contributed by atoms with E-state index in [-0.39, 0.29) is 27.3 Å². The first-order chi connectivity index (χ1) is 19.0. The fourth-order valence-corrected chi connectivity index (χ4v) is 7.33. The van der Waals surface area contributed by atoms with Crippen LogP contribution < -0.4 is 0 Å². The number of nitriles is 1. The lowest BCUT2D eigenvalue weighted by Crippen LogP contribution is -2.41. The molecule has 7 heteroatoms. The van der Waals surface area contributed by atoms with E-state index < -0.39 is 22.6 Å². The highest BCUT2D eigenvalue weighted by molar-refractivity contribution is 7.85. The van der Waals surface area contributed by atoms with Gasteiger partial charge in [0.25, 0.3) is 11.8 Å². The first-order valence-corrected chi connectivity index (χ1v) is 15.0. The van der Waals surface area contributed by atoms with Gasteiger partial charge >= 0.3 is 0 Å². The molecular weight excluding hydrogens is 506 g/mol. The van der Waals surface area contributed by atoms with E-state index in [0.717, 1.165) is 19.3 Å². The third kappa shape index (κ3) is 4.66. The second-order valence-electron chi connectivity index (χ2n) is 10.3. The van der Waals surface area contributed by atoms with Gasteiger partial charge in [0.05, 0.1) is 38.8 Å². The van der Waals surface area contributed by atoms with Crippen LogP contribution in [-0.2, 0) is 10.8 Å². The van der Waals surface area contributed by atoms with E-state index in [2.05, 4.69) is 17.8 Å². The Hall–Kier alpha value is -3.81. The molecule has 0 saturated heterocycles. The van der Waals surface area contributed by atoms with Crippen LogP contribution in [0.25, 0.3) is 26.7 Å². The molecule has 0 bridgehead atoms. The van der Waals surface area contributed by atoms with Crippen LogP contribution in [0.5, 0.6) is 0 Å². The maximum Gasteiger partial charge on any atom is 0.261 e. The summed E-state index contributed by atoms with van der Waals surface area (Å²) in [5.41, 5.74) is 2.10. The third-order valence-corrected chi connectivity index (χ3v) is 9.35. The van der Waals surface area contributed by atoms with E-state index in [1.807, 2.05) is 0 Å². The number of hydrogen-bond acceptors (Lipinski definition) is 4. The maximum atomic E-state index is 13.6. The minimum Gasteiger partial charge on any atom is -0.274 e. The number of fused-ring (bicyclic) bond motifs is 2. The molecule has 2 aliphatic rings. The van der Waals surface area contributed by atoms with E-state index in [9.17, 15) is 19.1 Å². The standard InChI is InChI=1S/C32H31N3O3S/c1-3-4-5-6-7-8-9-10-11-14-17-35-31(36)23-18-21(20-33)27-22-15-12-13-16-26(22)39(38)30-25(34-2)19-24(32(35)37)28(23)29(27)30/h12-13,15-16,18-19H,3-11,14,17H2,1H3. The number of amides is 2. The molecule has 0 N–H and O–H groups in total. The summed E-state index contributed by atoms with van der Waals surface area (Å²) in [4.78, 5) is 33.0. The SMILES string of the molecule is [C-]#[N+]c1cc2c3c(cc(C#N)c4c3c1S(=O)c1ccccc1-4)C(=O)N(CCCCCCCCCCCC)C2=O. The zero-order valence-electron chi connectivity index (χ0n) is 22.2. The highest BCUT2D eigenvalue weighted by atomic mass is 32.2. The second-order valence-corrected chi connectivity index (χ2v) is 11.7. The van der Waals surface area contributed by atoms with Crippen LogP contribution in [0, 0.1) is 17.9 Å². The lowest BCUT2D eigenvalue weighted by molar-refractivity contribution is 0.0607. The lowest BCUT2D eigenvalue weighted by atomic mass is 9.85. The van der Waals surface area contributed by atoms with Crippen LogP contribution in [0.15, 0.2) is 46.2 Å². The highest BCUT2D eigenvalue weighted by Gasteiger charge is 2.39. The topological polar surface area (TPSA) is 82.6 Å². The third-order valence-electron chi connectivity index (χ3n) is 7.81. The van der Waals surface area contributed by atoms with Gasteiger partial charge in [-0.2, -0.15) is 5.26 Å². The van der Waals surface area contributed by atoms with Crippen molar-refractivity contribution >= 4 is 39.1 Å². The first kappa shape index (κ1) is 26.8. The normalized spacial score (nSPS) is 15.3. The Bertz CT molecular complexity index is 1570. The number of carbonyl (C=O) groups excluding carboxylic acids is 2. The molecule has 1 unspecified atom stereocenters. The van der Waals surface area contributed by atoms with Gasteiger partial charge in [0, 0.05) is 34.2 Å². The second kappa shape index (κ2) is 11.5. The van der Waals surface area contributed by atoms with Gasteiger partial charge in [0.15, 0.2) is 0 Å². The molecule has 0 aromatic heterocycles. The summed E-state index contributed by atoms with van der Waals surface area (Å²) in [6.45, 7) is 10.3. The van der Waals surface area contributed by atoms with Crippen molar-refractivity contribution in [2.75, 3.05) is 6.54 Å². The number of unbranched alkanes of at least 4 members (excludes halogenated alkanes) is 9. The van der Waals surface area contributed by atoms with Crippen LogP contribution in [0.3, 0.4) is 0 Å². The molecule has 2 heterocycles. The van der Waals surface area contributed by atoms with Crippen LogP contribution in [-0.4, -0.2) is 27.5 Å². The zero-order valence-corrected chi connectivity index (χ0v) is 23.0. The van der Waals surface area contributed by atoms with Gasteiger partial charge in [-0.15, -0.1) is 0 Å². The Labute approximate surface area is 231 Å². The minimum absolute atomic E-state index is 0.120. The van der Waals surface area contributed by atoms with Crippen molar-refractivity contribution in [2.24, 2.45) is 0 Å². The van der Waals surface area contributed by atoms with Gasteiger partial charge in [0.2, 0.25) is 5.69 Å². The quantitative estimate of drug-likeness (QED) is 0.110. The predicted molar refractivity (Wildman–Crippen MR) is 152 cm³/mol. The summed E-state index contributed by atoms with van der Waals surface area (Å²) in [7, 11) is -1.68. The Balaban J connectivity index is 1.45. The number of rotatable bonds is 11. The molecule has 0 radical (unpaired) electrons. The van der Waals surface area contributed by atoms with Crippen molar-refractivity contribution in [3.8, 4) is 17.2 Å². The molecule has 2 aliphatic heterocycles. The van der Waals surface area contributed by atoms with E-state index in [0.29, 0.717) is 39.8 Å². The van der Waals surface area contributed by atoms with Crippen molar-refractivity contribution in [3.05, 3.63) is 64.5 Å². The fraction of sp³-hybridized carbons (Fsp3) is 0.375. The van der Waals surface area contributed by atoms with Gasteiger partial charge in [-0.1, -0.05) is 82.9 Å². The average molecular weight is 538 g/mol. The Morgan fingerprint density at radius 3 is 2.13 bits per heavy atom. The van der Waals surface area contributed by atoms with E-state index in [1.54, 1.807) is 30.3 Å². The fourth-order valence-electron chi connectivity index (χ4n) is 5.86. The molecule has 3 aromatic carbocycles. The van der Waals surface area contributed by atoms with Gasteiger partial charge in [-0.25, -0.2) is 4.85 Å². The highest BCUT2D eigenvalue weighted by Crippen LogP contribution is 2.50. The molecule has 198 valence electrons. The Morgan fingerprint density at radius 2 is 1.49 bits per heavy atom. The summed E-state index contributed by atoms with van der Waals surface area (Å²) >= 11 is 0. The first-order valence-electron chi connectivity index (χ1n) is 13.9. The van der Waals surface area contributed by atoms with Crippen molar-refractivity contribution in [2.45, 2.75) is 80.9 Å². The summed E-state index contributed by atoms with van der Waals surface area (Å²) in [5.74, 6) is -0.863. The largest absolute Gasteiger partial charge is 0.274 e. The van der Waals surface area contributed by atoms with Gasteiger partial charge in [0.1, 0.15) is 0 Å². The van der Waals surface area contributed by atoms with E-state index in [4.69, 9.17) is 6.57 Å². The number of imide groups is 1. The number of benzene rings is 3. The van der Waals surface area contributed by atoms with Crippen molar-refractivity contribution in [1.82, 2.24) is 4.90 Å². The summed E-state index contributed by atoms with van der Waals surface area (Å²) in [6, 6.07) is 12.4. The molecule has 2 amide bonds. The number of hydrogen-bond donors (Lipinski definition) is 0. The molecule has 5 rings (SSSR count). The van der Waals surface area contributed by atoms with Gasteiger partial charge in [-0.3, -0.25) is 18.7 Å². The lowest BCUT2D eigenvalue weighted by Gasteiger charge is -2.31. The monoisotopic (exact) mass is 537 g/mol. The molecule has 3 aromatic rings. The number of nitrogens with zero attached hydrogens (tertiary/aromatic N) is 3. The molecule has 1 atom stereocenters. The van der Waals surface area contributed by atoms with Crippen molar-refractivity contribution < 1.29 is 13.8 Å². The average Bonchev–Trinajstić information content (AvgIpc) is 2.96. The van der Waals surface area contributed by atoms with Crippen LogP contribution in [0.1, 0.15) is 97.4 Å². The Morgan fingerprint density at radius 1 is 0.872 bits per heavy atom. The van der Waals surface area contributed by atoms with Crippen molar-refractivity contribution in [3.63, 3.8) is 0 Å². The van der Waals surface area contributed by atoms with Crippen molar-refractivity contribution in [1.29, 1.82) is 5.26 Å². The smallest absolute Gasteiger partial charge is 0.261 e. The minimum atomic E-state index is -1.68. The molecule has 0 saturated carbocycles. The zero-order chi connectivity index (χ0) is 27.5. The maximum absolute atomic E-state index is 13.6. The molecule has 0 fully saturated rings. The van der Waals surface area contributed by atoms with Gasteiger partial charge < -0.3 is 0 Å². The predicted octanol–water partition coefficient (Wildman–Crippen LogP) is 7.93. The van der Waals surface area contributed by atoms with E-state index >= 15 is 0 Å².